The molecule has 1 atom stereocenters. The van der Waals surface area contributed by atoms with Crippen LogP contribution in [0.3, 0.4) is 0 Å². The fourth-order valence-electron chi connectivity index (χ4n) is 2.55. The van der Waals surface area contributed by atoms with Gasteiger partial charge in [0, 0.05) is 17.1 Å². The molecule has 0 saturated carbocycles. The van der Waals surface area contributed by atoms with Crippen LogP contribution in [0.15, 0.2) is 22.7 Å². The molecule has 1 fully saturated rings. The molecular formula is C15H21BrClN3O. The van der Waals surface area contributed by atoms with E-state index < -0.39 is 0 Å². The maximum absolute atomic E-state index is 12.1. The first-order valence-electron chi connectivity index (χ1n) is 7.21. The molecule has 1 aromatic carbocycles. The SMILES string of the molecule is CN(CC(=O)Nc1ccc(Br)cc1Cl)CC1CCCCN1. The zero-order valence-electron chi connectivity index (χ0n) is 12.2. The number of nitrogens with zero attached hydrogens (tertiary/aromatic N) is 1. The number of piperidine rings is 1. The first kappa shape index (κ1) is 16.7. The average Bonchev–Trinajstić information content (AvgIpc) is 2.43. The van der Waals surface area contributed by atoms with Crippen molar-refractivity contribution < 1.29 is 4.79 Å². The normalized spacial score (nSPS) is 18.8. The van der Waals surface area contributed by atoms with Crippen molar-refractivity contribution in [3.63, 3.8) is 0 Å². The lowest BCUT2D eigenvalue weighted by Crippen LogP contribution is -2.44. The molecule has 2 N–H and O–H groups in total. The highest BCUT2D eigenvalue weighted by molar-refractivity contribution is 9.10. The van der Waals surface area contributed by atoms with Crippen molar-refractivity contribution in [2.45, 2.75) is 25.3 Å². The summed E-state index contributed by atoms with van der Waals surface area (Å²) in [5, 5.41) is 6.88. The molecule has 21 heavy (non-hydrogen) atoms. The summed E-state index contributed by atoms with van der Waals surface area (Å²) in [5.41, 5.74) is 0.647. The van der Waals surface area contributed by atoms with Crippen LogP contribution >= 0.6 is 27.5 Å². The molecular weight excluding hydrogens is 354 g/mol. The Morgan fingerprint density at radius 1 is 1.52 bits per heavy atom. The molecule has 116 valence electrons. The molecule has 1 aromatic rings. The van der Waals surface area contributed by atoms with Crippen LogP contribution in [0, 0.1) is 0 Å². The Balaban J connectivity index is 1.80. The molecule has 0 aliphatic carbocycles. The van der Waals surface area contributed by atoms with E-state index in [0.717, 1.165) is 17.6 Å². The third kappa shape index (κ3) is 5.58. The van der Waals surface area contributed by atoms with Crippen LogP contribution in [0.25, 0.3) is 0 Å². The second-order valence-corrected chi connectivity index (χ2v) is 6.84. The number of anilines is 1. The molecule has 2 rings (SSSR count). The minimum absolute atomic E-state index is 0.0440. The van der Waals surface area contributed by atoms with Crippen molar-refractivity contribution in [1.29, 1.82) is 0 Å². The minimum atomic E-state index is -0.0440. The average molecular weight is 375 g/mol. The number of carbonyl (C=O) groups excluding carboxylic acids is 1. The van der Waals surface area contributed by atoms with Gasteiger partial charge in [-0.15, -0.1) is 0 Å². The Morgan fingerprint density at radius 2 is 2.33 bits per heavy atom. The second-order valence-electron chi connectivity index (χ2n) is 5.52. The van der Waals surface area contributed by atoms with E-state index in [1.165, 1.54) is 19.3 Å². The topological polar surface area (TPSA) is 44.4 Å². The highest BCUT2D eigenvalue weighted by Gasteiger charge is 2.16. The second kappa shape index (κ2) is 8.13. The van der Waals surface area contributed by atoms with Gasteiger partial charge in [-0.3, -0.25) is 9.69 Å². The van der Waals surface area contributed by atoms with Gasteiger partial charge in [0.15, 0.2) is 0 Å². The lowest BCUT2D eigenvalue weighted by atomic mass is 10.0. The maximum Gasteiger partial charge on any atom is 0.238 e. The molecule has 1 unspecified atom stereocenters. The van der Waals surface area contributed by atoms with Crippen LogP contribution < -0.4 is 10.6 Å². The minimum Gasteiger partial charge on any atom is -0.324 e. The largest absolute Gasteiger partial charge is 0.324 e. The van der Waals surface area contributed by atoms with Crippen molar-refractivity contribution in [2.75, 3.05) is 32.0 Å². The van der Waals surface area contributed by atoms with Gasteiger partial charge in [-0.25, -0.2) is 0 Å². The molecule has 0 aromatic heterocycles. The Kier molecular flexibility index (Phi) is 6.48. The monoisotopic (exact) mass is 373 g/mol. The van der Waals surface area contributed by atoms with Crippen molar-refractivity contribution in [2.24, 2.45) is 0 Å². The van der Waals surface area contributed by atoms with E-state index in [-0.39, 0.29) is 5.91 Å². The molecule has 1 saturated heterocycles. The maximum atomic E-state index is 12.1. The van der Waals surface area contributed by atoms with Gasteiger partial charge in [0.05, 0.1) is 17.3 Å². The highest BCUT2D eigenvalue weighted by Crippen LogP contribution is 2.25. The smallest absolute Gasteiger partial charge is 0.238 e. The van der Waals surface area contributed by atoms with Crippen LogP contribution in [-0.2, 0) is 4.79 Å². The van der Waals surface area contributed by atoms with Gasteiger partial charge >= 0.3 is 0 Å². The van der Waals surface area contributed by atoms with Gasteiger partial charge in [0.25, 0.3) is 0 Å². The fourth-order valence-corrected chi connectivity index (χ4v) is 3.27. The number of likely N-dealkylation sites (N-methyl/N-ethyl adjacent to an activating group) is 1. The van der Waals surface area contributed by atoms with Crippen molar-refractivity contribution in [1.82, 2.24) is 10.2 Å². The number of halogens is 2. The number of rotatable bonds is 5. The fraction of sp³-hybridized carbons (Fsp3) is 0.533. The van der Waals surface area contributed by atoms with E-state index in [2.05, 4.69) is 26.6 Å². The number of carbonyl (C=O) groups is 1. The van der Waals surface area contributed by atoms with E-state index in [9.17, 15) is 4.79 Å². The van der Waals surface area contributed by atoms with Gasteiger partial charge in [-0.2, -0.15) is 0 Å². The summed E-state index contributed by atoms with van der Waals surface area (Å²) < 4.78 is 0.894. The molecule has 0 bridgehead atoms. The molecule has 6 heteroatoms. The Labute approximate surface area is 139 Å². The van der Waals surface area contributed by atoms with Crippen LogP contribution in [-0.4, -0.2) is 43.5 Å². The van der Waals surface area contributed by atoms with Gasteiger partial charge in [0.1, 0.15) is 0 Å². The Bertz CT molecular complexity index is 492. The van der Waals surface area contributed by atoms with E-state index in [1.807, 2.05) is 18.0 Å². The third-order valence-corrected chi connectivity index (χ3v) is 4.37. The summed E-state index contributed by atoms with van der Waals surface area (Å²) in [6.45, 7) is 2.34. The molecule has 4 nitrogen and oxygen atoms in total. The van der Waals surface area contributed by atoms with Crippen molar-refractivity contribution in [3.05, 3.63) is 27.7 Å². The zero-order chi connectivity index (χ0) is 15.2. The van der Waals surface area contributed by atoms with E-state index in [4.69, 9.17) is 11.6 Å². The van der Waals surface area contributed by atoms with Crippen LogP contribution in [0.2, 0.25) is 5.02 Å². The number of nitrogens with one attached hydrogen (secondary N) is 2. The number of hydrogen-bond donors (Lipinski definition) is 2. The molecule has 1 amide bonds. The lowest BCUT2D eigenvalue weighted by Gasteiger charge is -2.27. The van der Waals surface area contributed by atoms with Crippen LogP contribution in [0.5, 0.6) is 0 Å². The van der Waals surface area contributed by atoms with Gasteiger partial charge < -0.3 is 10.6 Å². The summed E-state index contributed by atoms with van der Waals surface area (Å²) in [6, 6.07) is 5.92. The molecule has 1 heterocycles. The number of benzene rings is 1. The van der Waals surface area contributed by atoms with E-state index >= 15 is 0 Å². The Hall–Kier alpha value is -0.620. The van der Waals surface area contributed by atoms with Crippen LogP contribution in [0.1, 0.15) is 19.3 Å². The zero-order valence-corrected chi connectivity index (χ0v) is 14.5. The summed E-state index contributed by atoms with van der Waals surface area (Å²) in [6.07, 6.45) is 3.71. The first-order chi connectivity index (χ1) is 10.0. The van der Waals surface area contributed by atoms with Gasteiger partial charge in [-0.1, -0.05) is 34.0 Å². The molecule has 0 radical (unpaired) electrons. The first-order valence-corrected chi connectivity index (χ1v) is 8.38. The van der Waals surface area contributed by atoms with E-state index in [0.29, 0.717) is 23.3 Å². The standard InChI is InChI=1S/C15H21BrClN3O/c1-20(9-12-4-2-3-7-18-12)10-15(21)19-14-6-5-11(16)8-13(14)17/h5-6,8,12,18H,2-4,7,9-10H2,1H3,(H,19,21). The summed E-state index contributed by atoms with van der Waals surface area (Å²) in [4.78, 5) is 14.1. The number of hydrogen-bond acceptors (Lipinski definition) is 3. The Morgan fingerprint density at radius 3 is 3.00 bits per heavy atom. The predicted octanol–water partition coefficient (Wildman–Crippen LogP) is 3.11. The molecule has 1 aliphatic rings. The van der Waals surface area contributed by atoms with Gasteiger partial charge in [-0.05, 0) is 44.6 Å². The number of amides is 1. The van der Waals surface area contributed by atoms with Crippen molar-refractivity contribution in [3.8, 4) is 0 Å². The third-order valence-electron chi connectivity index (χ3n) is 3.56. The van der Waals surface area contributed by atoms with Crippen LogP contribution in [0.4, 0.5) is 5.69 Å². The predicted molar refractivity (Wildman–Crippen MR) is 90.9 cm³/mol. The molecule has 0 spiro atoms. The van der Waals surface area contributed by atoms with E-state index in [1.54, 1.807) is 12.1 Å². The van der Waals surface area contributed by atoms with Gasteiger partial charge in [0.2, 0.25) is 5.91 Å². The summed E-state index contributed by atoms with van der Waals surface area (Å²) in [7, 11) is 1.97. The quantitative estimate of drug-likeness (QED) is 0.832. The summed E-state index contributed by atoms with van der Waals surface area (Å²) in [5.74, 6) is -0.0440. The summed E-state index contributed by atoms with van der Waals surface area (Å²) >= 11 is 9.44. The molecule has 1 aliphatic heterocycles. The lowest BCUT2D eigenvalue weighted by molar-refractivity contribution is -0.117. The highest BCUT2D eigenvalue weighted by atomic mass is 79.9. The van der Waals surface area contributed by atoms with Crippen molar-refractivity contribution >= 4 is 39.1 Å².